The number of nitro groups is 1. The van der Waals surface area contributed by atoms with Gasteiger partial charge in [-0.2, -0.15) is 5.26 Å². The van der Waals surface area contributed by atoms with Crippen molar-refractivity contribution in [3.05, 3.63) is 92.9 Å². The molecule has 0 saturated heterocycles. The van der Waals surface area contributed by atoms with Gasteiger partial charge in [0, 0.05) is 33.1 Å². The van der Waals surface area contributed by atoms with E-state index in [0.717, 1.165) is 20.5 Å². The van der Waals surface area contributed by atoms with E-state index in [1.54, 1.807) is 12.1 Å². The van der Waals surface area contributed by atoms with Crippen LogP contribution < -0.4 is 10.1 Å². The summed E-state index contributed by atoms with van der Waals surface area (Å²) in [7, 11) is 1.35. The lowest BCUT2D eigenvalue weighted by molar-refractivity contribution is -0.384. The second kappa shape index (κ2) is 10.4. The number of hydrogen-bond acceptors (Lipinski definition) is 9. The van der Waals surface area contributed by atoms with Gasteiger partial charge in [0.2, 0.25) is 0 Å². The Labute approximate surface area is 224 Å². The van der Waals surface area contributed by atoms with Gasteiger partial charge in [0.25, 0.3) is 0 Å². The summed E-state index contributed by atoms with van der Waals surface area (Å²) < 4.78 is 6.00. The van der Waals surface area contributed by atoms with Crippen LogP contribution in [0, 0.1) is 21.4 Å². The topological polar surface area (TPSA) is 114 Å². The molecular formula is C26H16ClN5O3S2. The van der Waals surface area contributed by atoms with Gasteiger partial charge < -0.3 is 10.1 Å². The zero-order chi connectivity index (χ0) is 25.9. The number of rotatable bonds is 7. The summed E-state index contributed by atoms with van der Waals surface area (Å²) in [5, 5.41) is 27.5. The molecule has 0 saturated carbocycles. The molecule has 3 aromatic carbocycles. The van der Waals surface area contributed by atoms with Crippen LogP contribution in [0.4, 0.5) is 17.1 Å². The lowest BCUT2D eigenvalue weighted by atomic mass is 10.1. The fraction of sp³-hybridized carbons (Fsp3) is 0.0385. The fourth-order valence-electron chi connectivity index (χ4n) is 3.74. The first kappa shape index (κ1) is 24.5. The molecule has 182 valence electrons. The van der Waals surface area contributed by atoms with Crippen molar-refractivity contribution in [2.75, 3.05) is 12.4 Å². The number of ether oxygens (including phenoxy) is 1. The first-order valence-corrected chi connectivity index (χ1v) is 12.9. The highest BCUT2D eigenvalue weighted by molar-refractivity contribution is 8.01. The minimum atomic E-state index is -0.547. The van der Waals surface area contributed by atoms with Crippen LogP contribution >= 0.6 is 34.7 Å². The summed E-state index contributed by atoms with van der Waals surface area (Å²) in [6, 6.07) is 20.6. The molecule has 0 aliphatic carbocycles. The Morgan fingerprint density at radius 3 is 2.70 bits per heavy atom. The van der Waals surface area contributed by atoms with E-state index in [-0.39, 0.29) is 22.5 Å². The number of nitriles is 1. The normalized spacial score (nSPS) is 10.7. The first-order valence-electron chi connectivity index (χ1n) is 10.8. The van der Waals surface area contributed by atoms with E-state index < -0.39 is 4.92 Å². The molecule has 11 heteroatoms. The van der Waals surface area contributed by atoms with E-state index in [9.17, 15) is 15.4 Å². The van der Waals surface area contributed by atoms with Gasteiger partial charge in [0.1, 0.15) is 6.07 Å². The predicted octanol–water partition coefficient (Wildman–Crippen LogP) is 7.69. The van der Waals surface area contributed by atoms with Crippen molar-refractivity contribution in [2.45, 2.75) is 9.24 Å². The zero-order valence-corrected chi connectivity index (χ0v) is 21.5. The molecule has 1 N–H and O–H groups in total. The first-order chi connectivity index (χ1) is 18.0. The summed E-state index contributed by atoms with van der Waals surface area (Å²) >= 11 is 9.60. The number of anilines is 2. The van der Waals surface area contributed by atoms with Crippen LogP contribution in [0.1, 0.15) is 5.56 Å². The molecule has 0 bridgehead atoms. The maximum atomic E-state index is 11.7. The number of benzene rings is 3. The summed E-state index contributed by atoms with van der Waals surface area (Å²) in [5.74, 6) is 0.0858. The summed E-state index contributed by atoms with van der Waals surface area (Å²) in [6.45, 7) is 0. The Bertz CT molecular complexity index is 1690. The molecule has 5 rings (SSSR count). The fourth-order valence-corrected chi connectivity index (χ4v) is 5.82. The van der Waals surface area contributed by atoms with Crippen molar-refractivity contribution in [3.63, 3.8) is 0 Å². The maximum absolute atomic E-state index is 11.7. The van der Waals surface area contributed by atoms with Gasteiger partial charge in [-0.1, -0.05) is 53.7 Å². The number of nitrogens with zero attached hydrogens (tertiary/aromatic N) is 4. The smallest absolute Gasteiger partial charge is 0.336 e. The number of thiazole rings is 1. The molecule has 0 radical (unpaired) electrons. The van der Waals surface area contributed by atoms with Gasteiger partial charge in [0.05, 0.1) is 34.0 Å². The second-order valence-corrected chi connectivity index (χ2v) is 10.2. The Kier molecular flexibility index (Phi) is 6.92. The molecule has 0 aliphatic rings. The molecule has 0 spiro atoms. The number of nitro benzene ring substituents is 1. The predicted molar refractivity (Wildman–Crippen MR) is 146 cm³/mol. The van der Waals surface area contributed by atoms with Gasteiger partial charge >= 0.3 is 5.69 Å². The summed E-state index contributed by atoms with van der Waals surface area (Å²) in [5.41, 5.74) is 3.03. The molecule has 0 aliphatic heterocycles. The van der Waals surface area contributed by atoms with Crippen LogP contribution in [0.15, 0.2) is 81.5 Å². The number of methoxy groups -OCH3 is 1. The highest BCUT2D eigenvalue weighted by atomic mass is 35.5. The zero-order valence-electron chi connectivity index (χ0n) is 19.1. The van der Waals surface area contributed by atoms with E-state index in [4.69, 9.17) is 21.3 Å². The quantitative estimate of drug-likeness (QED) is 0.163. The van der Waals surface area contributed by atoms with Crippen LogP contribution in [0.3, 0.4) is 0 Å². The average Bonchev–Trinajstić information content (AvgIpc) is 3.38. The monoisotopic (exact) mass is 545 g/mol. The lowest BCUT2D eigenvalue weighted by Gasteiger charge is -2.13. The van der Waals surface area contributed by atoms with Crippen LogP contribution in [0.5, 0.6) is 5.75 Å². The molecule has 37 heavy (non-hydrogen) atoms. The van der Waals surface area contributed by atoms with Crippen molar-refractivity contribution < 1.29 is 9.66 Å². The van der Waals surface area contributed by atoms with Crippen molar-refractivity contribution in [3.8, 4) is 23.1 Å². The van der Waals surface area contributed by atoms with Crippen molar-refractivity contribution in [1.82, 2.24) is 9.97 Å². The van der Waals surface area contributed by atoms with Crippen LogP contribution in [-0.4, -0.2) is 22.0 Å². The Balaban J connectivity index is 1.45. The van der Waals surface area contributed by atoms with Gasteiger partial charge in [-0.15, -0.1) is 11.3 Å². The molecule has 5 aromatic rings. The Hall–Kier alpha value is -4.17. The number of aromatic nitrogens is 2. The largest absolute Gasteiger partial charge is 0.490 e. The van der Waals surface area contributed by atoms with Gasteiger partial charge in [-0.25, -0.2) is 9.97 Å². The molecule has 0 unspecified atom stereocenters. The molecule has 8 nitrogen and oxygen atoms in total. The van der Waals surface area contributed by atoms with E-state index in [1.807, 2.05) is 47.8 Å². The van der Waals surface area contributed by atoms with E-state index in [0.29, 0.717) is 21.8 Å². The number of fused-ring (bicyclic) bond motifs is 1. The molecule has 0 amide bonds. The van der Waals surface area contributed by atoms with Gasteiger partial charge in [0.15, 0.2) is 15.6 Å². The minimum Gasteiger partial charge on any atom is -0.490 e. The van der Waals surface area contributed by atoms with Crippen LogP contribution in [0.25, 0.3) is 22.2 Å². The molecule has 0 fully saturated rings. The lowest BCUT2D eigenvalue weighted by Crippen LogP contribution is -2.01. The van der Waals surface area contributed by atoms with E-state index in [2.05, 4.69) is 16.4 Å². The van der Waals surface area contributed by atoms with Crippen molar-refractivity contribution in [2.24, 2.45) is 0 Å². The second-order valence-electron chi connectivity index (χ2n) is 7.67. The highest BCUT2D eigenvalue weighted by Crippen LogP contribution is 2.41. The highest BCUT2D eigenvalue weighted by Gasteiger charge is 2.23. The minimum absolute atomic E-state index is 0.0858. The number of halogens is 1. The molecule has 2 heterocycles. The average molecular weight is 546 g/mol. The SMILES string of the molecule is COc1ccc2c(Nc3ccc(Sc4nc(-c5ccccc5)cs4)c(Cl)c3)c(C#N)cnc2c1[N+](=O)[O-]. The van der Waals surface area contributed by atoms with E-state index >= 15 is 0 Å². The number of hydrogen-bond donors (Lipinski definition) is 1. The maximum Gasteiger partial charge on any atom is 0.336 e. The standard InChI is InChI=1S/C26H16ClN5O3S2/c1-35-21-9-8-18-23(16(12-28)13-29-24(18)25(21)32(33)34)30-17-7-10-22(19(27)11-17)37-26-31-20(14-36-26)15-5-3-2-4-6-15/h2-11,13-14H,1H3,(H,29,30). The summed E-state index contributed by atoms with van der Waals surface area (Å²) in [4.78, 5) is 20.8. The van der Waals surface area contributed by atoms with Crippen LogP contribution in [0.2, 0.25) is 5.02 Å². The molecule has 0 atom stereocenters. The van der Waals surface area contributed by atoms with Gasteiger partial charge in [-0.3, -0.25) is 10.1 Å². The van der Waals surface area contributed by atoms with Gasteiger partial charge in [-0.05, 0) is 30.3 Å². The third-order valence-corrected chi connectivity index (χ3v) is 7.89. The molecule has 2 aromatic heterocycles. The summed E-state index contributed by atoms with van der Waals surface area (Å²) in [6.07, 6.45) is 1.30. The van der Waals surface area contributed by atoms with Crippen LogP contribution in [-0.2, 0) is 0 Å². The Morgan fingerprint density at radius 1 is 1.19 bits per heavy atom. The number of pyridine rings is 1. The third kappa shape index (κ3) is 4.93. The van der Waals surface area contributed by atoms with Crippen molar-refractivity contribution in [1.29, 1.82) is 5.26 Å². The third-order valence-electron chi connectivity index (χ3n) is 5.45. The van der Waals surface area contributed by atoms with Crippen molar-refractivity contribution >= 4 is 62.7 Å². The molecular weight excluding hydrogens is 530 g/mol. The van der Waals surface area contributed by atoms with E-state index in [1.165, 1.54) is 42.5 Å². The Morgan fingerprint density at radius 2 is 2.00 bits per heavy atom. The number of nitrogens with one attached hydrogen (secondary N) is 1.